The third-order valence-electron chi connectivity index (χ3n) is 4.40. The van der Waals surface area contributed by atoms with E-state index >= 15 is 0 Å². The standard InChI is InChI=1S/C21H21F2N3O/c1-26(21(27)13-15-4-8-17(22)9-5-15)12-2-3-19-14-20(25-24-19)16-6-10-18(23)11-7-16/h4-11,14H,2-3,12-13H2,1H3,(H,24,25). The van der Waals surface area contributed by atoms with E-state index in [9.17, 15) is 13.6 Å². The second-order valence-electron chi connectivity index (χ2n) is 6.51. The molecule has 0 aliphatic heterocycles. The van der Waals surface area contributed by atoms with Crippen LogP contribution in [0.5, 0.6) is 0 Å². The number of hydrogen-bond donors (Lipinski definition) is 1. The fourth-order valence-electron chi connectivity index (χ4n) is 2.80. The molecule has 3 rings (SSSR count). The molecule has 0 atom stereocenters. The minimum Gasteiger partial charge on any atom is -0.345 e. The summed E-state index contributed by atoms with van der Waals surface area (Å²) in [5, 5.41) is 7.24. The summed E-state index contributed by atoms with van der Waals surface area (Å²) in [4.78, 5) is 13.9. The van der Waals surface area contributed by atoms with Crippen LogP contribution in [0.2, 0.25) is 0 Å². The van der Waals surface area contributed by atoms with Crippen molar-refractivity contribution in [1.29, 1.82) is 0 Å². The molecule has 1 aromatic heterocycles. The Hall–Kier alpha value is -3.02. The Kier molecular flexibility index (Phi) is 5.96. The Morgan fingerprint density at radius 2 is 1.67 bits per heavy atom. The van der Waals surface area contributed by atoms with Crippen LogP contribution in [0.1, 0.15) is 17.7 Å². The summed E-state index contributed by atoms with van der Waals surface area (Å²) >= 11 is 0. The maximum atomic E-state index is 13.0. The summed E-state index contributed by atoms with van der Waals surface area (Å²) in [5.41, 5.74) is 3.38. The summed E-state index contributed by atoms with van der Waals surface area (Å²) < 4.78 is 25.9. The maximum absolute atomic E-state index is 13.0. The van der Waals surface area contributed by atoms with Crippen molar-refractivity contribution in [3.8, 4) is 11.3 Å². The van der Waals surface area contributed by atoms with Crippen molar-refractivity contribution >= 4 is 5.91 Å². The first-order chi connectivity index (χ1) is 13.0. The number of amides is 1. The molecule has 0 aliphatic rings. The molecule has 0 spiro atoms. The number of benzene rings is 2. The number of aromatic nitrogens is 2. The summed E-state index contributed by atoms with van der Waals surface area (Å²) in [6.07, 6.45) is 1.80. The Morgan fingerprint density at radius 1 is 1.04 bits per heavy atom. The molecule has 4 nitrogen and oxygen atoms in total. The predicted octanol–water partition coefficient (Wildman–Crippen LogP) is 3.99. The molecule has 140 valence electrons. The van der Waals surface area contributed by atoms with Crippen LogP contribution in [0.3, 0.4) is 0 Å². The van der Waals surface area contributed by atoms with E-state index < -0.39 is 0 Å². The zero-order chi connectivity index (χ0) is 19.2. The van der Waals surface area contributed by atoms with Crippen LogP contribution in [-0.2, 0) is 17.6 Å². The number of nitrogens with one attached hydrogen (secondary N) is 1. The number of hydrogen-bond acceptors (Lipinski definition) is 2. The molecule has 0 saturated heterocycles. The molecular formula is C21H21F2N3O. The van der Waals surface area contributed by atoms with Crippen molar-refractivity contribution in [3.05, 3.63) is 77.5 Å². The van der Waals surface area contributed by atoms with Crippen LogP contribution in [0.15, 0.2) is 54.6 Å². The van der Waals surface area contributed by atoms with Crippen LogP contribution in [-0.4, -0.2) is 34.6 Å². The highest BCUT2D eigenvalue weighted by Crippen LogP contribution is 2.18. The molecule has 2 aromatic carbocycles. The zero-order valence-electron chi connectivity index (χ0n) is 15.1. The van der Waals surface area contributed by atoms with Gasteiger partial charge in [-0.05, 0) is 60.9 Å². The molecule has 0 radical (unpaired) electrons. The van der Waals surface area contributed by atoms with Crippen LogP contribution >= 0.6 is 0 Å². The summed E-state index contributed by atoms with van der Waals surface area (Å²) in [5.74, 6) is -0.583. The molecule has 27 heavy (non-hydrogen) atoms. The number of likely N-dealkylation sites (N-methyl/N-ethyl adjacent to an activating group) is 1. The first-order valence-electron chi connectivity index (χ1n) is 8.80. The number of aromatic amines is 1. The number of aryl methyl sites for hydroxylation is 1. The van der Waals surface area contributed by atoms with Crippen molar-refractivity contribution in [2.45, 2.75) is 19.3 Å². The number of carbonyl (C=O) groups excluding carboxylic acids is 1. The van der Waals surface area contributed by atoms with E-state index in [1.165, 1.54) is 24.3 Å². The minimum atomic E-state index is -0.306. The molecule has 1 amide bonds. The van der Waals surface area contributed by atoms with Gasteiger partial charge in [0.25, 0.3) is 0 Å². The minimum absolute atomic E-state index is 0.00165. The predicted molar refractivity (Wildman–Crippen MR) is 100 cm³/mol. The third-order valence-corrected chi connectivity index (χ3v) is 4.40. The van der Waals surface area contributed by atoms with Gasteiger partial charge in [0.1, 0.15) is 11.6 Å². The van der Waals surface area contributed by atoms with Gasteiger partial charge in [0, 0.05) is 24.8 Å². The molecule has 1 heterocycles. The van der Waals surface area contributed by atoms with Gasteiger partial charge in [-0.2, -0.15) is 5.10 Å². The van der Waals surface area contributed by atoms with Gasteiger partial charge in [-0.25, -0.2) is 8.78 Å². The number of nitrogens with zero attached hydrogens (tertiary/aromatic N) is 2. The van der Waals surface area contributed by atoms with E-state index in [2.05, 4.69) is 10.2 Å². The van der Waals surface area contributed by atoms with Gasteiger partial charge in [-0.3, -0.25) is 9.89 Å². The number of halogens is 2. The Morgan fingerprint density at radius 3 is 2.33 bits per heavy atom. The van der Waals surface area contributed by atoms with Gasteiger partial charge >= 0.3 is 0 Å². The summed E-state index contributed by atoms with van der Waals surface area (Å²) in [6.45, 7) is 0.616. The van der Waals surface area contributed by atoms with Crippen LogP contribution in [0.25, 0.3) is 11.3 Å². The van der Waals surface area contributed by atoms with Gasteiger partial charge in [0.15, 0.2) is 0 Å². The molecule has 0 fully saturated rings. The fourth-order valence-corrected chi connectivity index (χ4v) is 2.80. The molecule has 0 bridgehead atoms. The van der Waals surface area contributed by atoms with Gasteiger partial charge < -0.3 is 4.90 Å². The molecule has 6 heteroatoms. The van der Waals surface area contributed by atoms with E-state index in [0.29, 0.717) is 6.54 Å². The van der Waals surface area contributed by atoms with E-state index in [1.54, 1.807) is 36.2 Å². The quantitative estimate of drug-likeness (QED) is 0.685. The van der Waals surface area contributed by atoms with Gasteiger partial charge in [0.05, 0.1) is 12.1 Å². The van der Waals surface area contributed by atoms with E-state index in [-0.39, 0.29) is 24.0 Å². The van der Waals surface area contributed by atoms with E-state index in [0.717, 1.165) is 35.4 Å². The number of rotatable bonds is 7. The van der Waals surface area contributed by atoms with Crippen molar-refractivity contribution in [2.24, 2.45) is 0 Å². The van der Waals surface area contributed by atoms with Crippen molar-refractivity contribution in [1.82, 2.24) is 15.1 Å². The lowest BCUT2D eigenvalue weighted by Gasteiger charge is -2.17. The molecule has 1 N–H and O–H groups in total. The Bertz CT molecular complexity index is 889. The summed E-state index contributed by atoms with van der Waals surface area (Å²) in [6, 6.07) is 14.1. The van der Waals surface area contributed by atoms with Crippen LogP contribution < -0.4 is 0 Å². The highest BCUT2D eigenvalue weighted by atomic mass is 19.1. The van der Waals surface area contributed by atoms with Crippen molar-refractivity contribution in [3.63, 3.8) is 0 Å². The first-order valence-corrected chi connectivity index (χ1v) is 8.80. The molecule has 3 aromatic rings. The van der Waals surface area contributed by atoms with Crippen molar-refractivity contribution < 1.29 is 13.6 Å². The first kappa shape index (κ1) is 18.8. The zero-order valence-corrected chi connectivity index (χ0v) is 15.1. The Balaban J connectivity index is 1.47. The van der Waals surface area contributed by atoms with Crippen LogP contribution in [0, 0.1) is 11.6 Å². The summed E-state index contributed by atoms with van der Waals surface area (Å²) in [7, 11) is 1.77. The van der Waals surface area contributed by atoms with Gasteiger partial charge in [-0.15, -0.1) is 0 Å². The molecule has 0 saturated carbocycles. The lowest BCUT2D eigenvalue weighted by Crippen LogP contribution is -2.29. The highest BCUT2D eigenvalue weighted by Gasteiger charge is 2.10. The lowest BCUT2D eigenvalue weighted by atomic mass is 10.1. The van der Waals surface area contributed by atoms with Gasteiger partial charge in [-0.1, -0.05) is 12.1 Å². The maximum Gasteiger partial charge on any atom is 0.226 e. The lowest BCUT2D eigenvalue weighted by molar-refractivity contribution is -0.129. The second-order valence-corrected chi connectivity index (χ2v) is 6.51. The van der Waals surface area contributed by atoms with Gasteiger partial charge in [0.2, 0.25) is 5.91 Å². The second kappa shape index (κ2) is 8.58. The normalized spacial score (nSPS) is 10.8. The van der Waals surface area contributed by atoms with E-state index in [4.69, 9.17) is 0 Å². The fraction of sp³-hybridized carbons (Fsp3) is 0.238. The SMILES string of the molecule is CN(CCCc1cc(-c2ccc(F)cc2)n[nH]1)C(=O)Cc1ccc(F)cc1. The number of H-pyrrole nitrogens is 1. The molecular weight excluding hydrogens is 348 g/mol. The van der Waals surface area contributed by atoms with E-state index in [1.807, 2.05) is 6.07 Å². The third kappa shape index (κ3) is 5.23. The average Bonchev–Trinajstić information content (AvgIpc) is 3.13. The molecule has 0 unspecified atom stereocenters. The number of carbonyl (C=O) groups is 1. The largest absolute Gasteiger partial charge is 0.345 e. The highest BCUT2D eigenvalue weighted by molar-refractivity contribution is 5.78. The average molecular weight is 369 g/mol. The van der Waals surface area contributed by atoms with Crippen molar-refractivity contribution in [2.75, 3.05) is 13.6 Å². The monoisotopic (exact) mass is 369 g/mol. The Labute approximate surface area is 156 Å². The smallest absolute Gasteiger partial charge is 0.226 e. The van der Waals surface area contributed by atoms with Crippen LogP contribution in [0.4, 0.5) is 8.78 Å². The molecule has 0 aliphatic carbocycles. The topological polar surface area (TPSA) is 49.0 Å².